The maximum Gasteiger partial charge on any atom is 0.264 e. The second kappa shape index (κ2) is 12.9. The molecule has 0 fully saturated rings. The van der Waals surface area contributed by atoms with Crippen LogP contribution in [0.2, 0.25) is 5.02 Å². The fraction of sp³-hybridized carbons (Fsp3) is 0.286. The summed E-state index contributed by atoms with van der Waals surface area (Å²) in [6, 6.07) is 17.8. The number of sulfonamides is 1. The quantitative estimate of drug-likeness (QED) is 0.361. The first kappa shape index (κ1) is 29.1. The van der Waals surface area contributed by atoms with Crippen molar-refractivity contribution in [3.8, 4) is 0 Å². The lowest BCUT2D eigenvalue weighted by Crippen LogP contribution is -2.52. The highest BCUT2D eigenvalue weighted by Crippen LogP contribution is 2.28. The number of hydrogen-bond donors (Lipinski definition) is 1. The van der Waals surface area contributed by atoms with E-state index in [4.69, 9.17) is 11.6 Å². The molecule has 0 spiro atoms. The van der Waals surface area contributed by atoms with Gasteiger partial charge in [-0.3, -0.25) is 13.9 Å². The van der Waals surface area contributed by atoms with Gasteiger partial charge in [-0.15, -0.1) is 0 Å². The molecule has 38 heavy (non-hydrogen) atoms. The van der Waals surface area contributed by atoms with Crippen LogP contribution < -0.4 is 9.62 Å². The van der Waals surface area contributed by atoms with E-state index in [-0.39, 0.29) is 28.1 Å². The van der Waals surface area contributed by atoms with Gasteiger partial charge in [0, 0.05) is 13.1 Å². The van der Waals surface area contributed by atoms with Crippen LogP contribution in [-0.2, 0) is 26.2 Å². The van der Waals surface area contributed by atoms with Crippen LogP contribution >= 0.6 is 11.6 Å². The summed E-state index contributed by atoms with van der Waals surface area (Å²) in [5, 5.41) is 2.48. The van der Waals surface area contributed by atoms with Crippen molar-refractivity contribution in [3.63, 3.8) is 0 Å². The molecule has 202 valence electrons. The molecule has 1 atom stereocenters. The van der Waals surface area contributed by atoms with E-state index in [0.717, 1.165) is 27.6 Å². The molecule has 3 aromatic rings. The molecule has 0 heterocycles. The van der Waals surface area contributed by atoms with Crippen LogP contribution in [-0.4, -0.2) is 44.3 Å². The second-order valence-electron chi connectivity index (χ2n) is 8.75. The van der Waals surface area contributed by atoms with Crippen LogP contribution in [0.4, 0.5) is 10.1 Å². The predicted octanol–water partition coefficient (Wildman–Crippen LogP) is 4.93. The minimum atomic E-state index is -4.25. The van der Waals surface area contributed by atoms with Gasteiger partial charge in [-0.05, 0) is 56.2 Å². The maximum absolute atomic E-state index is 13.9. The molecule has 10 heteroatoms. The maximum atomic E-state index is 13.9. The molecule has 0 aliphatic carbocycles. The van der Waals surface area contributed by atoms with Crippen LogP contribution in [0.3, 0.4) is 0 Å². The number of aryl methyl sites for hydroxylation is 1. The molecule has 0 aliphatic rings. The fourth-order valence-electron chi connectivity index (χ4n) is 4.11. The van der Waals surface area contributed by atoms with Crippen molar-refractivity contribution in [2.45, 2.75) is 44.7 Å². The van der Waals surface area contributed by atoms with Crippen molar-refractivity contribution < 1.29 is 22.4 Å². The third-order valence-corrected chi connectivity index (χ3v) is 8.05. The number of amides is 2. The highest BCUT2D eigenvalue weighted by molar-refractivity contribution is 7.92. The van der Waals surface area contributed by atoms with Gasteiger partial charge in [0.05, 0.1) is 15.6 Å². The summed E-state index contributed by atoms with van der Waals surface area (Å²) in [6.07, 6.45) is 0.317. The molecule has 0 saturated carbocycles. The van der Waals surface area contributed by atoms with Gasteiger partial charge in [0.15, 0.2) is 0 Å². The lowest BCUT2D eigenvalue weighted by molar-refractivity contribution is -0.140. The summed E-state index contributed by atoms with van der Waals surface area (Å²) in [7, 11) is -4.25. The fourth-order valence-corrected chi connectivity index (χ4v) is 5.71. The number of likely N-dealkylation sites (N-methyl/N-ethyl adjacent to an activating group) is 1. The van der Waals surface area contributed by atoms with Gasteiger partial charge in [0.25, 0.3) is 10.0 Å². The van der Waals surface area contributed by atoms with Gasteiger partial charge in [-0.2, -0.15) is 0 Å². The topological polar surface area (TPSA) is 86.8 Å². The lowest BCUT2D eigenvalue weighted by Gasteiger charge is -2.33. The van der Waals surface area contributed by atoms with Crippen molar-refractivity contribution >= 4 is 39.1 Å². The number of carbonyl (C=O) groups excluding carboxylic acids is 2. The van der Waals surface area contributed by atoms with Gasteiger partial charge >= 0.3 is 0 Å². The molecule has 7 nitrogen and oxygen atoms in total. The average Bonchev–Trinajstić information content (AvgIpc) is 2.89. The molecule has 3 rings (SSSR count). The first-order valence-corrected chi connectivity index (χ1v) is 14.1. The van der Waals surface area contributed by atoms with Crippen molar-refractivity contribution in [1.29, 1.82) is 0 Å². The Morgan fingerprint density at radius 1 is 1.00 bits per heavy atom. The first-order valence-electron chi connectivity index (χ1n) is 12.2. The molecular weight excluding hydrogens is 529 g/mol. The van der Waals surface area contributed by atoms with Gasteiger partial charge in [0.2, 0.25) is 11.8 Å². The molecule has 0 saturated heterocycles. The number of rotatable bonds is 11. The van der Waals surface area contributed by atoms with Crippen molar-refractivity contribution in [3.05, 3.63) is 94.8 Å². The summed E-state index contributed by atoms with van der Waals surface area (Å²) in [4.78, 5) is 28.2. The summed E-state index contributed by atoms with van der Waals surface area (Å²) < 4.78 is 42.2. The van der Waals surface area contributed by atoms with Gasteiger partial charge in [0.1, 0.15) is 18.4 Å². The monoisotopic (exact) mass is 559 g/mol. The average molecular weight is 560 g/mol. The lowest BCUT2D eigenvalue weighted by atomic mass is 10.1. The Bertz CT molecular complexity index is 1390. The summed E-state index contributed by atoms with van der Waals surface area (Å²) in [5.74, 6) is -1.65. The minimum absolute atomic E-state index is 0.0233. The number of hydrogen-bond acceptors (Lipinski definition) is 4. The molecule has 0 unspecified atom stereocenters. The van der Waals surface area contributed by atoms with Crippen molar-refractivity contribution in [2.24, 2.45) is 0 Å². The van der Waals surface area contributed by atoms with Crippen molar-refractivity contribution in [2.75, 3.05) is 17.4 Å². The Balaban J connectivity index is 2.07. The van der Waals surface area contributed by atoms with E-state index in [2.05, 4.69) is 5.32 Å². The van der Waals surface area contributed by atoms with Crippen LogP contribution in [0, 0.1) is 12.7 Å². The van der Waals surface area contributed by atoms with Gasteiger partial charge < -0.3 is 10.2 Å². The van der Waals surface area contributed by atoms with Crippen LogP contribution in [0.1, 0.15) is 31.4 Å². The van der Waals surface area contributed by atoms with Crippen LogP contribution in [0.25, 0.3) is 0 Å². The van der Waals surface area contributed by atoms with Crippen LogP contribution in [0.15, 0.2) is 77.7 Å². The molecular formula is C28H31ClFN3O4S. The molecule has 1 N–H and O–H groups in total. The Kier molecular flexibility index (Phi) is 9.88. The zero-order valence-electron chi connectivity index (χ0n) is 21.5. The first-order chi connectivity index (χ1) is 18.1. The van der Waals surface area contributed by atoms with Gasteiger partial charge in [-0.25, -0.2) is 12.8 Å². The zero-order valence-corrected chi connectivity index (χ0v) is 23.1. The van der Waals surface area contributed by atoms with E-state index >= 15 is 0 Å². The summed E-state index contributed by atoms with van der Waals surface area (Å²) in [5.41, 5.74) is 1.80. The van der Waals surface area contributed by atoms with Crippen molar-refractivity contribution in [1.82, 2.24) is 10.2 Å². The summed E-state index contributed by atoms with van der Waals surface area (Å²) in [6.45, 7) is 5.34. The smallest absolute Gasteiger partial charge is 0.264 e. The Morgan fingerprint density at radius 3 is 2.32 bits per heavy atom. The number of nitrogens with one attached hydrogen (secondary N) is 1. The Morgan fingerprint density at radius 2 is 1.71 bits per heavy atom. The predicted molar refractivity (Wildman–Crippen MR) is 147 cm³/mol. The van der Waals surface area contributed by atoms with Gasteiger partial charge in [-0.1, -0.05) is 66.6 Å². The zero-order chi connectivity index (χ0) is 27.9. The molecule has 0 bridgehead atoms. The minimum Gasteiger partial charge on any atom is -0.355 e. The third-order valence-electron chi connectivity index (χ3n) is 5.97. The van der Waals surface area contributed by atoms with Crippen LogP contribution in [0.5, 0.6) is 0 Å². The second-order valence-corrected chi connectivity index (χ2v) is 11.0. The highest BCUT2D eigenvalue weighted by Gasteiger charge is 2.33. The number of nitrogens with zero attached hydrogens (tertiary/aromatic N) is 2. The van der Waals surface area contributed by atoms with E-state index in [1.54, 1.807) is 32.0 Å². The number of anilines is 1. The van der Waals surface area contributed by atoms with E-state index in [1.165, 1.54) is 23.1 Å². The standard InChI is InChI=1S/C28H31ClFN3O4S/c1-4-26(28(35)31-5-2)32(18-21-11-9-10-20(3)16-21)27(34)19-33(22-14-15-25(30)24(29)17-22)38(36,37)23-12-7-6-8-13-23/h6-17,26H,4-5,18-19H2,1-3H3,(H,31,35)/t26-/m0/s1. The number of halogens is 2. The molecule has 0 aromatic heterocycles. The van der Waals surface area contributed by atoms with E-state index < -0.39 is 34.3 Å². The normalized spacial score (nSPS) is 12.0. The third kappa shape index (κ3) is 6.90. The largest absolute Gasteiger partial charge is 0.355 e. The Hall–Kier alpha value is -3.43. The Labute approximate surface area is 228 Å². The number of benzene rings is 3. The highest BCUT2D eigenvalue weighted by atomic mass is 35.5. The molecule has 0 aliphatic heterocycles. The summed E-state index contributed by atoms with van der Waals surface area (Å²) >= 11 is 5.98. The van der Waals surface area contributed by atoms with E-state index in [9.17, 15) is 22.4 Å². The molecule has 3 aromatic carbocycles. The molecule has 2 amide bonds. The van der Waals surface area contributed by atoms with E-state index in [1.807, 2.05) is 31.2 Å². The van der Waals surface area contributed by atoms with E-state index in [0.29, 0.717) is 13.0 Å². The number of carbonyl (C=O) groups is 2. The molecule has 0 radical (unpaired) electrons. The SMILES string of the molecule is CCNC(=O)[C@H](CC)N(Cc1cccc(C)c1)C(=O)CN(c1ccc(F)c(Cl)c1)S(=O)(=O)c1ccccc1.